The summed E-state index contributed by atoms with van der Waals surface area (Å²) in [5, 5.41) is 16.2. The van der Waals surface area contributed by atoms with Gasteiger partial charge in [0, 0.05) is 19.5 Å². The van der Waals surface area contributed by atoms with Gasteiger partial charge in [-0.25, -0.2) is 0 Å². The van der Waals surface area contributed by atoms with Crippen LogP contribution in [0.15, 0.2) is 24.3 Å². The fourth-order valence-corrected chi connectivity index (χ4v) is 3.69. The monoisotopic (exact) mass is 397 g/mol. The molecule has 2 atom stereocenters. The number of nitrogens with zero attached hydrogens (tertiary/aromatic N) is 3. The SMILES string of the molecule is CCCC(C)[N+]([O-])(C(=O)OC(C)(C)C)N1CCN(c2ccccc2Cl)CC1. The Bertz CT molecular complexity index is 642. The Hall–Kier alpha value is -1.34. The average Bonchev–Trinajstić information content (AvgIpc) is 2.60. The second-order valence-corrected chi connectivity index (χ2v) is 8.54. The Labute approximate surface area is 167 Å². The van der Waals surface area contributed by atoms with E-state index in [2.05, 4.69) is 4.90 Å². The molecule has 2 unspecified atom stereocenters. The fourth-order valence-electron chi connectivity index (χ4n) is 3.44. The number of hydroxylamine groups is 2. The minimum atomic E-state index is -1.05. The summed E-state index contributed by atoms with van der Waals surface area (Å²) in [7, 11) is 0. The molecule has 0 aliphatic carbocycles. The van der Waals surface area contributed by atoms with Gasteiger partial charge in [0.2, 0.25) is 0 Å². The molecule has 27 heavy (non-hydrogen) atoms. The van der Waals surface area contributed by atoms with Crippen LogP contribution in [0.1, 0.15) is 47.5 Å². The van der Waals surface area contributed by atoms with E-state index in [1.807, 2.05) is 38.1 Å². The maximum atomic E-state index is 13.8. The smallest absolute Gasteiger partial charge is 0.537 e. The molecular formula is C20H32ClN3O3. The number of carbonyl (C=O) groups is 1. The highest BCUT2D eigenvalue weighted by atomic mass is 35.5. The van der Waals surface area contributed by atoms with Crippen LogP contribution in [0, 0.1) is 5.21 Å². The molecule has 7 heteroatoms. The molecule has 0 aromatic heterocycles. The van der Waals surface area contributed by atoms with E-state index in [9.17, 15) is 10.0 Å². The highest BCUT2D eigenvalue weighted by Gasteiger charge is 2.44. The molecule has 1 aromatic rings. The van der Waals surface area contributed by atoms with Gasteiger partial charge in [-0.3, -0.25) is 0 Å². The van der Waals surface area contributed by atoms with Crippen molar-refractivity contribution >= 4 is 23.4 Å². The Kier molecular flexibility index (Phi) is 7.14. The number of hydrogen-bond acceptors (Lipinski definition) is 5. The zero-order chi connectivity index (χ0) is 20.2. The maximum absolute atomic E-state index is 13.8. The summed E-state index contributed by atoms with van der Waals surface area (Å²) in [6, 6.07) is 7.30. The molecule has 0 spiro atoms. The van der Waals surface area contributed by atoms with Crippen molar-refractivity contribution in [2.75, 3.05) is 31.1 Å². The summed E-state index contributed by atoms with van der Waals surface area (Å²) >= 11 is 6.30. The first-order valence-electron chi connectivity index (χ1n) is 9.67. The number of piperazine rings is 1. The molecule has 1 aliphatic rings. The van der Waals surface area contributed by atoms with E-state index in [4.69, 9.17) is 16.3 Å². The first kappa shape index (κ1) is 22.0. The number of quaternary nitrogens is 1. The predicted molar refractivity (Wildman–Crippen MR) is 109 cm³/mol. The van der Waals surface area contributed by atoms with Gasteiger partial charge in [0.1, 0.15) is 11.6 Å². The zero-order valence-corrected chi connectivity index (χ0v) is 17.8. The summed E-state index contributed by atoms with van der Waals surface area (Å²) in [5.74, 6) is 0. The van der Waals surface area contributed by atoms with E-state index in [1.54, 1.807) is 25.8 Å². The predicted octanol–water partition coefficient (Wildman–Crippen LogP) is 4.82. The van der Waals surface area contributed by atoms with Crippen molar-refractivity contribution in [1.82, 2.24) is 5.01 Å². The number of amides is 1. The summed E-state index contributed by atoms with van der Waals surface area (Å²) in [5.41, 5.74) is 0.262. The number of hydrogen-bond donors (Lipinski definition) is 0. The molecule has 1 aliphatic heterocycles. The first-order chi connectivity index (χ1) is 12.6. The molecule has 0 bridgehead atoms. The number of ether oxygens (including phenoxy) is 1. The number of para-hydroxylation sites is 1. The number of halogens is 1. The number of carbonyl (C=O) groups excluding carboxylic acids is 1. The van der Waals surface area contributed by atoms with E-state index in [1.165, 1.54) is 0 Å². The summed E-state index contributed by atoms with van der Waals surface area (Å²) in [6.45, 7) is 11.4. The minimum absolute atomic E-state index is 0.392. The largest absolute Gasteiger partial charge is 0.601 e. The summed E-state index contributed by atoms with van der Waals surface area (Å²) in [4.78, 5) is 15.0. The van der Waals surface area contributed by atoms with Gasteiger partial charge in [0.25, 0.3) is 0 Å². The van der Waals surface area contributed by atoms with Crippen LogP contribution in [0.3, 0.4) is 0 Å². The summed E-state index contributed by atoms with van der Waals surface area (Å²) in [6.07, 6.45) is 0.772. The molecule has 6 nitrogen and oxygen atoms in total. The second-order valence-electron chi connectivity index (χ2n) is 8.13. The van der Waals surface area contributed by atoms with Crippen LogP contribution >= 0.6 is 11.6 Å². The van der Waals surface area contributed by atoms with Crippen LogP contribution in [-0.2, 0) is 4.74 Å². The lowest BCUT2D eigenvalue weighted by atomic mass is 10.1. The van der Waals surface area contributed by atoms with Gasteiger partial charge < -0.3 is 14.8 Å². The van der Waals surface area contributed by atoms with Gasteiger partial charge in [-0.1, -0.05) is 37.1 Å². The van der Waals surface area contributed by atoms with Gasteiger partial charge in [-0.2, -0.15) is 9.55 Å². The molecule has 1 saturated heterocycles. The molecule has 2 rings (SSSR count). The maximum Gasteiger partial charge on any atom is 0.537 e. The number of anilines is 1. The number of benzene rings is 1. The lowest BCUT2D eigenvalue weighted by Crippen LogP contribution is -2.68. The van der Waals surface area contributed by atoms with Gasteiger partial charge in [0.15, 0.2) is 0 Å². The molecule has 0 radical (unpaired) electrons. The van der Waals surface area contributed by atoms with Crippen molar-refractivity contribution in [1.29, 1.82) is 0 Å². The van der Waals surface area contributed by atoms with E-state index < -0.39 is 22.5 Å². The summed E-state index contributed by atoms with van der Waals surface area (Å²) < 4.78 is 4.44. The average molecular weight is 398 g/mol. The van der Waals surface area contributed by atoms with Crippen LogP contribution in [0.4, 0.5) is 10.5 Å². The first-order valence-corrected chi connectivity index (χ1v) is 10.1. The highest BCUT2D eigenvalue weighted by molar-refractivity contribution is 6.33. The van der Waals surface area contributed by atoms with E-state index >= 15 is 0 Å². The van der Waals surface area contributed by atoms with E-state index in [0.717, 1.165) is 12.1 Å². The van der Waals surface area contributed by atoms with Crippen molar-refractivity contribution in [2.24, 2.45) is 0 Å². The van der Waals surface area contributed by atoms with Gasteiger partial charge >= 0.3 is 6.09 Å². The molecule has 1 aromatic carbocycles. The van der Waals surface area contributed by atoms with E-state index in [-0.39, 0.29) is 0 Å². The zero-order valence-electron chi connectivity index (χ0n) is 17.1. The van der Waals surface area contributed by atoms with Crippen molar-refractivity contribution in [3.8, 4) is 0 Å². The highest BCUT2D eigenvalue weighted by Crippen LogP contribution is 2.30. The Morgan fingerprint density at radius 2 is 1.85 bits per heavy atom. The molecule has 152 valence electrons. The molecule has 0 N–H and O–H groups in total. The quantitative estimate of drug-likeness (QED) is 0.526. The van der Waals surface area contributed by atoms with Gasteiger partial charge in [-0.15, -0.1) is 5.01 Å². The second kappa shape index (κ2) is 8.78. The van der Waals surface area contributed by atoms with Gasteiger partial charge in [-0.05, 0) is 39.8 Å². The molecular weight excluding hydrogens is 366 g/mol. The lowest BCUT2D eigenvalue weighted by Gasteiger charge is -2.52. The van der Waals surface area contributed by atoms with Crippen molar-refractivity contribution < 1.29 is 14.3 Å². The Morgan fingerprint density at radius 3 is 2.37 bits per heavy atom. The fraction of sp³-hybridized carbons (Fsp3) is 0.650. The third kappa shape index (κ3) is 5.13. The Morgan fingerprint density at radius 1 is 1.26 bits per heavy atom. The third-order valence-electron chi connectivity index (χ3n) is 4.83. The molecule has 1 amide bonds. The van der Waals surface area contributed by atoms with Crippen LogP contribution in [0.25, 0.3) is 0 Å². The normalized spacial score (nSPS) is 19.4. The number of rotatable bonds is 5. The van der Waals surface area contributed by atoms with E-state index in [0.29, 0.717) is 37.6 Å². The standard InChI is InChI=1S/C20H32ClN3O3/c1-6-9-16(2)24(26,19(25)27-20(3,4)5)23-14-12-22(13-15-23)18-11-8-7-10-17(18)21/h7-8,10-11,16H,6,9,12-15H2,1-5H3. The van der Waals surface area contributed by atoms with Crippen molar-refractivity contribution in [3.05, 3.63) is 34.5 Å². The minimum Gasteiger partial charge on any atom is -0.601 e. The van der Waals surface area contributed by atoms with Crippen LogP contribution < -0.4 is 4.90 Å². The molecule has 1 fully saturated rings. The van der Waals surface area contributed by atoms with Crippen LogP contribution in [0.5, 0.6) is 0 Å². The molecule has 0 saturated carbocycles. The van der Waals surface area contributed by atoms with Crippen LogP contribution in [0.2, 0.25) is 5.02 Å². The lowest BCUT2D eigenvalue weighted by molar-refractivity contribution is -0.950. The van der Waals surface area contributed by atoms with Gasteiger partial charge in [0.05, 0.1) is 23.8 Å². The van der Waals surface area contributed by atoms with Crippen molar-refractivity contribution in [2.45, 2.75) is 59.1 Å². The van der Waals surface area contributed by atoms with Crippen LogP contribution in [-0.4, -0.2) is 53.7 Å². The Balaban J connectivity index is 2.18. The molecule has 1 heterocycles. The third-order valence-corrected chi connectivity index (χ3v) is 5.15. The van der Waals surface area contributed by atoms with Crippen molar-refractivity contribution in [3.63, 3.8) is 0 Å². The topological polar surface area (TPSA) is 55.8 Å².